The van der Waals surface area contributed by atoms with Crippen molar-refractivity contribution in [1.29, 1.82) is 0 Å². The number of ether oxygens (including phenoxy) is 4. The zero-order valence-electron chi connectivity index (χ0n) is 18.2. The van der Waals surface area contributed by atoms with Crippen molar-refractivity contribution in [3.63, 3.8) is 0 Å². The zero-order valence-corrected chi connectivity index (χ0v) is 18.2. The zero-order chi connectivity index (χ0) is 21.8. The maximum Gasteiger partial charge on any atom is 0.241 e. The number of nitrogens with zero attached hydrogens (tertiary/aromatic N) is 2. The number of carbonyl (C=O) groups excluding carboxylic acids is 1. The summed E-state index contributed by atoms with van der Waals surface area (Å²) in [6.07, 6.45) is 0. The number of fused-ring (bicyclic) bond motifs is 1. The van der Waals surface area contributed by atoms with Gasteiger partial charge in [-0.25, -0.2) is 0 Å². The third-order valence-corrected chi connectivity index (χ3v) is 5.83. The average Bonchev–Trinajstić information content (AvgIpc) is 3.27. The summed E-state index contributed by atoms with van der Waals surface area (Å²) in [7, 11) is 3.29. The molecule has 2 heterocycles. The summed E-state index contributed by atoms with van der Waals surface area (Å²) in [6, 6.07) is 11.3. The molecule has 1 atom stereocenters. The third kappa shape index (κ3) is 4.86. The molecule has 0 spiro atoms. The molecule has 0 radical (unpaired) electrons. The lowest BCUT2D eigenvalue weighted by Crippen LogP contribution is -2.52. The molecule has 2 aliphatic heterocycles. The first kappa shape index (κ1) is 21.3. The first-order chi connectivity index (χ1) is 15.1. The highest BCUT2D eigenvalue weighted by atomic mass is 16.7. The average molecular weight is 428 g/mol. The van der Waals surface area contributed by atoms with Crippen LogP contribution in [0.25, 0.3) is 0 Å². The molecule has 2 aromatic carbocycles. The van der Waals surface area contributed by atoms with Gasteiger partial charge in [0.25, 0.3) is 0 Å². The van der Waals surface area contributed by atoms with Crippen LogP contribution in [0.1, 0.15) is 12.5 Å². The van der Waals surface area contributed by atoms with E-state index in [9.17, 15) is 4.79 Å². The van der Waals surface area contributed by atoms with E-state index in [0.717, 1.165) is 44.2 Å². The molecule has 1 N–H and O–H groups in total. The Kier molecular flexibility index (Phi) is 6.48. The first-order valence-electron chi connectivity index (χ1n) is 10.4. The summed E-state index contributed by atoms with van der Waals surface area (Å²) in [4.78, 5) is 17.4. The quantitative estimate of drug-likeness (QED) is 0.728. The SMILES string of the molecule is COc1ccc(CN2CCN([C@@H](C)C(=O)Nc3ccc4c(c3)OCO4)CC2)cc1OC. The van der Waals surface area contributed by atoms with Gasteiger partial charge in [-0.1, -0.05) is 6.07 Å². The second-order valence-electron chi connectivity index (χ2n) is 7.73. The predicted molar refractivity (Wildman–Crippen MR) is 117 cm³/mol. The molecule has 0 unspecified atom stereocenters. The lowest BCUT2D eigenvalue weighted by Gasteiger charge is -2.37. The number of amides is 1. The lowest BCUT2D eigenvalue weighted by molar-refractivity contribution is -0.121. The van der Waals surface area contributed by atoms with Crippen molar-refractivity contribution in [1.82, 2.24) is 9.80 Å². The van der Waals surface area contributed by atoms with Crippen LogP contribution in [0.3, 0.4) is 0 Å². The first-order valence-corrected chi connectivity index (χ1v) is 10.4. The minimum Gasteiger partial charge on any atom is -0.493 e. The summed E-state index contributed by atoms with van der Waals surface area (Å²) < 4.78 is 21.4. The van der Waals surface area contributed by atoms with Gasteiger partial charge in [0.1, 0.15) is 0 Å². The number of methoxy groups -OCH3 is 2. The standard InChI is InChI=1S/C23H29N3O5/c1-16(23(27)24-18-5-7-20-22(13-18)31-15-30-20)26-10-8-25(9-11-26)14-17-4-6-19(28-2)21(12-17)29-3/h4-7,12-13,16H,8-11,14-15H2,1-3H3,(H,24,27)/t16-/m0/s1. The lowest BCUT2D eigenvalue weighted by atomic mass is 10.1. The van der Waals surface area contributed by atoms with Crippen molar-refractivity contribution in [3.8, 4) is 23.0 Å². The highest BCUT2D eigenvalue weighted by molar-refractivity contribution is 5.94. The monoisotopic (exact) mass is 427 g/mol. The number of hydrogen-bond acceptors (Lipinski definition) is 7. The second kappa shape index (κ2) is 9.45. The predicted octanol–water partition coefficient (Wildman–Crippen LogP) is 2.58. The minimum atomic E-state index is -0.214. The molecule has 2 aliphatic rings. The number of nitrogens with one attached hydrogen (secondary N) is 1. The van der Waals surface area contributed by atoms with Gasteiger partial charge in [0.2, 0.25) is 12.7 Å². The molecule has 8 nitrogen and oxygen atoms in total. The Hall–Kier alpha value is -2.97. The molecule has 31 heavy (non-hydrogen) atoms. The Balaban J connectivity index is 1.28. The van der Waals surface area contributed by atoms with E-state index in [-0.39, 0.29) is 18.7 Å². The second-order valence-corrected chi connectivity index (χ2v) is 7.73. The van der Waals surface area contributed by atoms with E-state index in [1.54, 1.807) is 20.3 Å². The summed E-state index contributed by atoms with van der Waals surface area (Å²) in [5.74, 6) is 2.82. The van der Waals surface area contributed by atoms with E-state index in [0.29, 0.717) is 17.2 Å². The van der Waals surface area contributed by atoms with Crippen LogP contribution in [-0.2, 0) is 11.3 Å². The number of anilines is 1. The number of hydrogen-bond donors (Lipinski definition) is 1. The highest BCUT2D eigenvalue weighted by Crippen LogP contribution is 2.34. The molecule has 1 saturated heterocycles. The maximum absolute atomic E-state index is 12.8. The van der Waals surface area contributed by atoms with Crippen LogP contribution in [0.5, 0.6) is 23.0 Å². The van der Waals surface area contributed by atoms with Crippen LogP contribution in [0.4, 0.5) is 5.69 Å². The maximum atomic E-state index is 12.8. The minimum absolute atomic E-state index is 0.0211. The molecular weight excluding hydrogens is 398 g/mol. The molecule has 8 heteroatoms. The Morgan fingerprint density at radius 1 is 1.00 bits per heavy atom. The van der Waals surface area contributed by atoms with Crippen molar-refractivity contribution in [2.45, 2.75) is 19.5 Å². The topological polar surface area (TPSA) is 72.5 Å². The normalized spacial score (nSPS) is 17.3. The number of piperazine rings is 1. The molecule has 0 bridgehead atoms. The number of carbonyl (C=O) groups is 1. The van der Waals surface area contributed by atoms with Crippen molar-refractivity contribution in [3.05, 3.63) is 42.0 Å². The highest BCUT2D eigenvalue weighted by Gasteiger charge is 2.26. The van der Waals surface area contributed by atoms with Crippen molar-refractivity contribution < 1.29 is 23.7 Å². The van der Waals surface area contributed by atoms with Crippen LogP contribution in [0.15, 0.2) is 36.4 Å². The smallest absolute Gasteiger partial charge is 0.241 e. The molecule has 1 fully saturated rings. The van der Waals surface area contributed by atoms with Crippen LogP contribution >= 0.6 is 0 Å². The van der Waals surface area contributed by atoms with E-state index in [1.807, 2.05) is 31.2 Å². The Morgan fingerprint density at radius 2 is 1.74 bits per heavy atom. The van der Waals surface area contributed by atoms with E-state index in [1.165, 1.54) is 5.56 Å². The largest absolute Gasteiger partial charge is 0.493 e. The summed E-state index contributed by atoms with van der Waals surface area (Å²) >= 11 is 0. The van der Waals surface area contributed by atoms with Crippen LogP contribution < -0.4 is 24.3 Å². The van der Waals surface area contributed by atoms with Gasteiger partial charge in [-0.3, -0.25) is 14.6 Å². The van der Waals surface area contributed by atoms with Crippen molar-refractivity contribution in [2.24, 2.45) is 0 Å². The molecule has 166 valence electrons. The summed E-state index contributed by atoms with van der Waals surface area (Å²) in [5.41, 5.74) is 1.90. The molecular formula is C23H29N3O5. The van der Waals surface area contributed by atoms with E-state index < -0.39 is 0 Å². The Bertz CT molecular complexity index is 927. The Morgan fingerprint density at radius 3 is 2.48 bits per heavy atom. The van der Waals surface area contributed by atoms with Gasteiger partial charge in [0.15, 0.2) is 23.0 Å². The van der Waals surface area contributed by atoms with Gasteiger partial charge in [-0.15, -0.1) is 0 Å². The molecule has 4 rings (SSSR count). The van der Waals surface area contributed by atoms with Gasteiger partial charge < -0.3 is 24.3 Å². The van der Waals surface area contributed by atoms with Gasteiger partial charge in [-0.2, -0.15) is 0 Å². The van der Waals surface area contributed by atoms with Crippen LogP contribution in [0, 0.1) is 0 Å². The van der Waals surface area contributed by atoms with Gasteiger partial charge in [0.05, 0.1) is 20.3 Å². The Labute approximate surface area is 182 Å². The molecule has 0 aromatic heterocycles. The summed E-state index contributed by atoms with van der Waals surface area (Å²) in [6.45, 7) is 6.48. The van der Waals surface area contributed by atoms with Crippen molar-refractivity contribution >= 4 is 11.6 Å². The van der Waals surface area contributed by atoms with Gasteiger partial charge in [0, 0.05) is 44.5 Å². The van der Waals surface area contributed by atoms with Crippen LogP contribution in [0.2, 0.25) is 0 Å². The summed E-state index contributed by atoms with van der Waals surface area (Å²) in [5, 5.41) is 2.99. The fourth-order valence-electron chi connectivity index (χ4n) is 3.93. The van der Waals surface area contributed by atoms with Crippen LogP contribution in [-0.4, -0.2) is 68.9 Å². The van der Waals surface area contributed by atoms with Crippen molar-refractivity contribution in [2.75, 3.05) is 52.5 Å². The molecule has 1 amide bonds. The fraction of sp³-hybridized carbons (Fsp3) is 0.435. The molecule has 2 aromatic rings. The fourth-order valence-corrected chi connectivity index (χ4v) is 3.93. The number of benzene rings is 2. The van der Waals surface area contributed by atoms with E-state index in [4.69, 9.17) is 18.9 Å². The molecule has 0 saturated carbocycles. The van der Waals surface area contributed by atoms with Gasteiger partial charge >= 0.3 is 0 Å². The number of rotatable bonds is 7. The van der Waals surface area contributed by atoms with E-state index in [2.05, 4.69) is 21.2 Å². The van der Waals surface area contributed by atoms with Gasteiger partial charge in [-0.05, 0) is 36.8 Å². The third-order valence-electron chi connectivity index (χ3n) is 5.83. The van der Waals surface area contributed by atoms with E-state index >= 15 is 0 Å². The molecule has 0 aliphatic carbocycles.